The number of carbonyl (C=O) groups excluding carboxylic acids is 1. The Balaban J connectivity index is 1.53. The van der Waals surface area contributed by atoms with Crippen LogP contribution in [0.15, 0.2) is 60.4 Å². The van der Waals surface area contributed by atoms with E-state index in [-0.39, 0.29) is 5.91 Å². The maximum atomic E-state index is 12.8. The number of methoxy groups -OCH3 is 1. The summed E-state index contributed by atoms with van der Waals surface area (Å²) in [5, 5.41) is 1.65. The monoisotopic (exact) mass is 449 g/mol. The Kier molecular flexibility index (Phi) is 6.46. The Labute approximate surface area is 193 Å². The molecule has 0 aliphatic carbocycles. The molecule has 2 heterocycles. The van der Waals surface area contributed by atoms with Crippen LogP contribution in [-0.2, 0) is 11.3 Å². The second-order valence-electron chi connectivity index (χ2n) is 7.57. The molecule has 0 atom stereocenters. The van der Waals surface area contributed by atoms with E-state index in [1.165, 1.54) is 0 Å². The van der Waals surface area contributed by atoms with E-state index in [4.69, 9.17) is 21.7 Å². The minimum atomic E-state index is -0.0537. The Hall–Kier alpha value is -3.32. The molecule has 0 spiro atoms. The fraction of sp³-hybridized carbons (Fsp3) is 0.280. The number of nitrogens with zero attached hydrogens (tertiary/aromatic N) is 3. The van der Waals surface area contributed by atoms with E-state index in [0.717, 1.165) is 40.9 Å². The van der Waals surface area contributed by atoms with E-state index >= 15 is 0 Å². The summed E-state index contributed by atoms with van der Waals surface area (Å²) in [5.74, 6) is 1.43. The molecule has 4 rings (SSSR count). The number of amides is 1. The van der Waals surface area contributed by atoms with Crippen LogP contribution in [0, 0.1) is 0 Å². The molecule has 0 bridgehead atoms. The van der Waals surface area contributed by atoms with Crippen LogP contribution in [0.4, 0.5) is 0 Å². The van der Waals surface area contributed by atoms with Gasteiger partial charge in [0.1, 0.15) is 5.70 Å². The number of likely N-dealkylation sites (N-methyl/N-ethyl adjacent to an activating group) is 2. The highest BCUT2D eigenvalue weighted by atomic mass is 32.1. The summed E-state index contributed by atoms with van der Waals surface area (Å²) >= 11 is 5.42. The third-order valence-corrected chi connectivity index (χ3v) is 6.14. The van der Waals surface area contributed by atoms with Crippen molar-refractivity contribution in [2.75, 3.05) is 27.3 Å². The highest BCUT2D eigenvalue weighted by Crippen LogP contribution is 2.28. The number of fused-ring (bicyclic) bond motifs is 1. The molecule has 2 aromatic carbocycles. The number of aromatic nitrogens is 1. The summed E-state index contributed by atoms with van der Waals surface area (Å²) < 4.78 is 13.5. The van der Waals surface area contributed by atoms with Gasteiger partial charge in [-0.05, 0) is 49.8 Å². The standard InChI is InChI=1S/C25H27N3O3S/c1-4-28-24(29)21(26(2)25(28)32)16-18-17-27(20-11-6-5-10-19(18)20)14-9-15-31-23-13-8-7-12-22(23)30-3/h5-8,10-13,16-17H,4,9,14-15H2,1-3H3/b21-16-. The van der Waals surface area contributed by atoms with Crippen molar-refractivity contribution in [1.82, 2.24) is 14.4 Å². The highest BCUT2D eigenvalue weighted by Gasteiger charge is 2.34. The molecule has 6 nitrogen and oxygen atoms in total. The average Bonchev–Trinajstić information content (AvgIpc) is 3.27. The molecule has 1 aliphatic heterocycles. The van der Waals surface area contributed by atoms with Crippen molar-refractivity contribution in [2.24, 2.45) is 0 Å². The van der Waals surface area contributed by atoms with Gasteiger partial charge in [0.2, 0.25) is 0 Å². The van der Waals surface area contributed by atoms with E-state index in [0.29, 0.717) is 24.0 Å². The number of hydrogen-bond donors (Lipinski definition) is 0. The van der Waals surface area contributed by atoms with Crippen LogP contribution in [0.1, 0.15) is 18.9 Å². The van der Waals surface area contributed by atoms with Gasteiger partial charge in [-0.1, -0.05) is 30.3 Å². The quantitative estimate of drug-likeness (QED) is 0.287. The van der Waals surface area contributed by atoms with Crippen LogP contribution >= 0.6 is 12.2 Å². The number of hydrogen-bond acceptors (Lipinski definition) is 4. The minimum Gasteiger partial charge on any atom is -0.493 e. The molecule has 0 unspecified atom stereocenters. The molecule has 1 aliphatic rings. The third kappa shape index (κ3) is 4.08. The lowest BCUT2D eigenvalue weighted by Crippen LogP contribution is -2.30. The summed E-state index contributed by atoms with van der Waals surface area (Å²) in [6.45, 7) is 3.86. The number of rotatable bonds is 8. The van der Waals surface area contributed by atoms with Gasteiger partial charge in [-0.2, -0.15) is 0 Å². The molecule has 0 saturated carbocycles. The normalized spacial score (nSPS) is 15.3. The smallest absolute Gasteiger partial charge is 0.276 e. The van der Waals surface area contributed by atoms with E-state index in [1.54, 1.807) is 16.9 Å². The lowest BCUT2D eigenvalue weighted by molar-refractivity contribution is -0.122. The first-order valence-electron chi connectivity index (χ1n) is 10.7. The maximum Gasteiger partial charge on any atom is 0.276 e. The Morgan fingerprint density at radius 3 is 2.50 bits per heavy atom. The molecule has 1 saturated heterocycles. The topological polar surface area (TPSA) is 46.9 Å². The first-order valence-corrected chi connectivity index (χ1v) is 11.1. The third-order valence-electron chi connectivity index (χ3n) is 5.64. The summed E-state index contributed by atoms with van der Waals surface area (Å²) in [5.41, 5.74) is 2.72. The van der Waals surface area contributed by atoms with Crippen molar-refractivity contribution >= 4 is 40.2 Å². The minimum absolute atomic E-state index is 0.0537. The molecule has 1 amide bonds. The maximum absolute atomic E-state index is 12.8. The zero-order valence-corrected chi connectivity index (χ0v) is 19.4. The number of aryl methyl sites for hydroxylation is 1. The fourth-order valence-corrected chi connectivity index (χ4v) is 4.28. The molecule has 3 aromatic rings. The van der Waals surface area contributed by atoms with Gasteiger partial charge in [0.05, 0.1) is 13.7 Å². The van der Waals surface area contributed by atoms with Crippen molar-refractivity contribution in [3.63, 3.8) is 0 Å². The lowest BCUT2D eigenvalue weighted by atomic mass is 10.1. The number of para-hydroxylation sites is 3. The Morgan fingerprint density at radius 2 is 1.78 bits per heavy atom. The second-order valence-corrected chi connectivity index (χ2v) is 7.93. The first kappa shape index (κ1) is 21.9. The van der Waals surface area contributed by atoms with Crippen LogP contribution in [-0.4, -0.2) is 52.7 Å². The molecule has 1 aromatic heterocycles. The molecular weight excluding hydrogens is 422 g/mol. The van der Waals surface area contributed by atoms with E-state index in [2.05, 4.69) is 22.9 Å². The van der Waals surface area contributed by atoms with Gasteiger partial charge >= 0.3 is 0 Å². The molecule has 1 fully saturated rings. The predicted octanol–water partition coefficient (Wildman–Crippen LogP) is 4.54. The lowest BCUT2D eigenvalue weighted by Gasteiger charge is -2.13. The summed E-state index contributed by atoms with van der Waals surface area (Å²) in [6, 6.07) is 15.9. The second kappa shape index (κ2) is 9.44. The van der Waals surface area contributed by atoms with Crippen molar-refractivity contribution in [3.8, 4) is 11.5 Å². The number of thiocarbonyl (C=S) groups is 1. The molecule has 0 radical (unpaired) electrons. The van der Waals surface area contributed by atoms with Crippen molar-refractivity contribution in [3.05, 3.63) is 66.0 Å². The zero-order valence-electron chi connectivity index (χ0n) is 18.6. The van der Waals surface area contributed by atoms with E-state index in [9.17, 15) is 4.79 Å². The van der Waals surface area contributed by atoms with Crippen LogP contribution in [0.2, 0.25) is 0 Å². The summed E-state index contributed by atoms with van der Waals surface area (Å²) in [4.78, 5) is 16.2. The van der Waals surface area contributed by atoms with Gasteiger partial charge in [0.25, 0.3) is 5.91 Å². The molecule has 0 N–H and O–H groups in total. The Morgan fingerprint density at radius 1 is 1.06 bits per heavy atom. The van der Waals surface area contributed by atoms with Gasteiger partial charge in [0.15, 0.2) is 16.6 Å². The van der Waals surface area contributed by atoms with Gasteiger partial charge in [0, 0.05) is 42.8 Å². The average molecular weight is 450 g/mol. The van der Waals surface area contributed by atoms with Crippen molar-refractivity contribution in [2.45, 2.75) is 19.9 Å². The summed E-state index contributed by atoms with van der Waals surface area (Å²) in [7, 11) is 3.49. The first-order chi connectivity index (χ1) is 15.5. The predicted molar refractivity (Wildman–Crippen MR) is 131 cm³/mol. The van der Waals surface area contributed by atoms with Crippen LogP contribution < -0.4 is 9.47 Å². The number of carbonyl (C=O) groups is 1. The zero-order chi connectivity index (χ0) is 22.7. The highest BCUT2D eigenvalue weighted by molar-refractivity contribution is 7.80. The van der Waals surface area contributed by atoms with Crippen LogP contribution in [0.3, 0.4) is 0 Å². The molecule has 32 heavy (non-hydrogen) atoms. The van der Waals surface area contributed by atoms with Crippen molar-refractivity contribution < 1.29 is 14.3 Å². The number of benzene rings is 2. The van der Waals surface area contributed by atoms with Crippen LogP contribution in [0.25, 0.3) is 17.0 Å². The fourth-order valence-electron chi connectivity index (χ4n) is 3.97. The van der Waals surface area contributed by atoms with Gasteiger partial charge in [-0.3, -0.25) is 9.69 Å². The summed E-state index contributed by atoms with van der Waals surface area (Å²) in [6.07, 6.45) is 4.87. The number of ether oxygens (including phenoxy) is 2. The van der Waals surface area contributed by atoms with E-state index in [1.807, 2.05) is 56.4 Å². The van der Waals surface area contributed by atoms with Gasteiger partial charge in [-0.15, -0.1) is 0 Å². The van der Waals surface area contributed by atoms with Gasteiger partial charge < -0.3 is 18.9 Å². The Bertz CT molecular complexity index is 1180. The van der Waals surface area contributed by atoms with E-state index < -0.39 is 0 Å². The molecular formula is C25H27N3O3S. The van der Waals surface area contributed by atoms with Crippen molar-refractivity contribution in [1.29, 1.82) is 0 Å². The largest absolute Gasteiger partial charge is 0.493 e. The SMILES string of the molecule is CCN1C(=O)/C(=C/c2cn(CCCOc3ccccc3OC)c3ccccc23)N(C)C1=S. The molecule has 7 heteroatoms. The van der Waals surface area contributed by atoms with Crippen LogP contribution in [0.5, 0.6) is 11.5 Å². The van der Waals surface area contributed by atoms with Gasteiger partial charge in [-0.25, -0.2) is 0 Å². The molecule has 166 valence electrons.